The van der Waals surface area contributed by atoms with E-state index >= 15 is 0 Å². The second-order valence-electron chi connectivity index (χ2n) is 4.47. The third kappa shape index (κ3) is 4.11. The number of carbonyl (C=O) groups is 1. The zero-order valence-electron chi connectivity index (χ0n) is 11.4. The molecule has 1 amide bonds. The highest BCUT2D eigenvalue weighted by atomic mass is 32.1. The minimum Gasteiger partial charge on any atom is -0.320 e. The first-order valence-corrected chi connectivity index (χ1v) is 7.43. The van der Waals surface area contributed by atoms with E-state index in [1.807, 2.05) is 37.3 Å². The Morgan fingerprint density at radius 1 is 1.35 bits per heavy atom. The monoisotopic (exact) mass is 290 g/mol. The van der Waals surface area contributed by atoms with Crippen molar-refractivity contribution < 1.29 is 4.79 Å². The summed E-state index contributed by atoms with van der Waals surface area (Å²) in [6, 6.07) is 9.45. The molecule has 1 heterocycles. The van der Waals surface area contributed by atoms with E-state index in [0.717, 1.165) is 17.8 Å². The Morgan fingerprint density at radius 2 is 2.10 bits per heavy atom. The molecule has 0 saturated heterocycles. The number of aromatic nitrogens is 2. The fraction of sp³-hybridized carbons (Fsp3) is 0.357. The first-order chi connectivity index (χ1) is 9.69. The first-order valence-electron chi connectivity index (χ1n) is 6.61. The predicted molar refractivity (Wildman–Crippen MR) is 80.7 cm³/mol. The smallest absolute Gasteiger partial charge is 0.243 e. The molecule has 106 valence electrons. The molecule has 0 fully saturated rings. The lowest BCUT2D eigenvalue weighted by Gasteiger charge is -2.10. The molecule has 0 saturated carbocycles. The zero-order valence-corrected chi connectivity index (χ0v) is 12.2. The van der Waals surface area contributed by atoms with Gasteiger partial charge in [0.05, 0.1) is 6.04 Å². The molecular formula is C14H18N4OS. The molecule has 1 aromatic heterocycles. The molecule has 0 radical (unpaired) electrons. The minimum atomic E-state index is -0.538. The molecule has 1 aromatic carbocycles. The van der Waals surface area contributed by atoms with Crippen LogP contribution in [0.15, 0.2) is 30.3 Å². The first kappa shape index (κ1) is 14.6. The van der Waals surface area contributed by atoms with Gasteiger partial charge in [-0.2, -0.15) is 0 Å². The summed E-state index contributed by atoms with van der Waals surface area (Å²) >= 11 is 1.38. The normalized spacial score (nSPS) is 12.1. The average molecular weight is 290 g/mol. The Bertz CT molecular complexity index is 555. The molecular weight excluding hydrogens is 272 g/mol. The number of amides is 1. The summed E-state index contributed by atoms with van der Waals surface area (Å²) in [7, 11) is 0. The summed E-state index contributed by atoms with van der Waals surface area (Å²) < 4.78 is 0. The molecule has 0 aliphatic heterocycles. The largest absolute Gasteiger partial charge is 0.320 e. The molecule has 5 nitrogen and oxygen atoms in total. The van der Waals surface area contributed by atoms with E-state index in [4.69, 9.17) is 5.73 Å². The van der Waals surface area contributed by atoms with E-state index in [1.165, 1.54) is 16.9 Å². The van der Waals surface area contributed by atoms with Gasteiger partial charge in [0.15, 0.2) is 0 Å². The van der Waals surface area contributed by atoms with Gasteiger partial charge in [-0.25, -0.2) is 0 Å². The van der Waals surface area contributed by atoms with E-state index in [9.17, 15) is 4.79 Å². The van der Waals surface area contributed by atoms with Crippen LogP contribution >= 0.6 is 11.3 Å². The fourth-order valence-corrected chi connectivity index (χ4v) is 2.43. The van der Waals surface area contributed by atoms with Crippen LogP contribution in [0.2, 0.25) is 0 Å². The molecule has 6 heteroatoms. The van der Waals surface area contributed by atoms with Crippen molar-refractivity contribution in [2.45, 2.75) is 32.2 Å². The van der Waals surface area contributed by atoms with E-state index in [-0.39, 0.29) is 5.91 Å². The van der Waals surface area contributed by atoms with Crippen molar-refractivity contribution in [1.82, 2.24) is 10.2 Å². The Labute approximate surface area is 122 Å². The zero-order chi connectivity index (χ0) is 14.4. The van der Waals surface area contributed by atoms with Gasteiger partial charge in [0.2, 0.25) is 11.0 Å². The second kappa shape index (κ2) is 7.12. The van der Waals surface area contributed by atoms with Crippen LogP contribution in [-0.4, -0.2) is 22.1 Å². The molecule has 0 aliphatic carbocycles. The van der Waals surface area contributed by atoms with Gasteiger partial charge in [0.25, 0.3) is 0 Å². The number of hydrogen-bond donors (Lipinski definition) is 2. The molecule has 0 unspecified atom stereocenters. The van der Waals surface area contributed by atoms with Gasteiger partial charge < -0.3 is 5.73 Å². The second-order valence-corrected chi connectivity index (χ2v) is 5.54. The van der Waals surface area contributed by atoms with Crippen molar-refractivity contribution in [2.24, 2.45) is 5.73 Å². The minimum absolute atomic E-state index is 0.209. The Kier molecular flexibility index (Phi) is 5.20. The number of hydrogen-bond acceptors (Lipinski definition) is 5. The lowest BCUT2D eigenvalue weighted by molar-refractivity contribution is -0.117. The Balaban J connectivity index is 1.82. The maximum atomic E-state index is 11.9. The highest BCUT2D eigenvalue weighted by Crippen LogP contribution is 2.15. The number of anilines is 1. The molecule has 0 spiro atoms. The van der Waals surface area contributed by atoms with Gasteiger partial charge in [-0.1, -0.05) is 48.6 Å². The van der Waals surface area contributed by atoms with Crippen molar-refractivity contribution in [3.8, 4) is 0 Å². The van der Waals surface area contributed by atoms with Crippen LogP contribution in [0.5, 0.6) is 0 Å². The molecule has 20 heavy (non-hydrogen) atoms. The number of nitrogens with one attached hydrogen (secondary N) is 1. The molecule has 2 aromatic rings. The van der Waals surface area contributed by atoms with Crippen molar-refractivity contribution in [3.63, 3.8) is 0 Å². The maximum Gasteiger partial charge on any atom is 0.243 e. The summed E-state index contributed by atoms with van der Waals surface area (Å²) in [6.07, 6.45) is 2.20. The number of aryl methyl sites for hydroxylation is 2. The van der Waals surface area contributed by atoms with E-state index in [2.05, 4.69) is 15.5 Å². The summed E-state index contributed by atoms with van der Waals surface area (Å²) in [6.45, 7) is 2.00. The van der Waals surface area contributed by atoms with Crippen LogP contribution in [0.25, 0.3) is 0 Å². The summed E-state index contributed by atoms with van der Waals surface area (Å²) in [4.78, 5) is 11.9. The maximum absolute atomic E-state index is 11.9. The van der Waals surface area contributed by atoms with Crippen LogP contribution in [0, 0.1) is 0 Å². The van der Waals surface area contributed by atoms with Crippen LogP contribution in [0.3, 0.4) is 0 Å². The molecule has 3 N–H and O–H groups in total. The van der Waals surface area contributed by atoms with Crippen molar-refractivity contribution in [3.05, 3.63) is 40.9 Å². The van der Waals surface area contributed by atoms with Gasteiger partial charge in [-0.3, -0.25) is 10.1 Å². The average Bonchev–Trinajstić information content (AvgIpc) is 2.93. The number of carbonyl (C=O) groups excluding carboxylic acids is 1. The van der Waals surface area contributed by atoms with Crippen LogP contribution in [-0.2, 0) is 17.6 Å². The van der Waals surface area contributed by atoms with Crippen molar-refractivity contribution in [2.75, 3.05) is 5.32 Å². The van der Waals surface area contributed by atoms with Crippen LogP contribution in [0.4, 0.5) is 5.13 Å². The van der Waals surface area contributed by atoms with Gasteiger partial charge in [-0.15, -0.1) is 10.2 Å². The number of nitrogens with two attached hydrogens (primary N) is 1. The summed E-state index contributed by atoms with van der Waals surface area (Å²) in [5.41, 5.74) is 7.08. The Morgan fingerprint density at radius 3 is 2.75 bits per heavy atom. The van der Waals surface area contributed by atoms with Crippen LogP contribution < -0.4 is 11.1 Å². The van der Waals surface area contributed by atoms with Gasteiger partial charge >= 0.3 is 0 Å². The lowest BCUT2D eigenvalue weighted by atomic mass is 10.1. The number of rotatable bonds is 6. The molecule has 0 bridgehead atoms. The third-order valence-corrected chi connectivity index (χ3v) is 3.91. The van der Waals surface area contributed by atoms with Gasteiger partial charge in [-0.05, 0) is 24.8 Å². The lowest BCUT2D eigenvalue weighted by Crippen LogP contribution is -2.36. The standard InChI is InChI=1S/C14H18N4OS/c1-2-12-17-18-14(20-12)16-13(19)11(15)9-8-10-6-4-3-5-7-10/h3-7,11H,2,8-9,15H2,1H3,(H,16,18,19)/t11-/m0/s1. The van der Waals surface area contributed by atoms with Crippen LogP contribution in [0.1, 0.15) is 23.9 Å². The van der Waals surface area contributed by atoms with E-state index < -0.39 is 6.04 Å². The summed E-state index contributed by atoms with van der Waals surface area (Å²) in [5.74, 6) is -0.209. The molecule has 1 atom stereocenters. The number of nitrogens with zero attached hydrogens (tertiary/aromatic N) is 2. The van der Waals surface area contributed by atoms with Gasteiger partial charge in [0, 0.05) is 0 Å². The van der Waals surface area contributed by atoms with E-state index in [0.29, 0.717) is 11.6 Å². The fourth-order valence-electron chi connectivity index (χ4n) is 1.74. The number of benzene rings is 1. The molecule has 2 rings (SSSR count). The highest BCUT2D eigenvalue weighted by Gasteiger charge is 2.15. The molecule has 0 aliphatic rings. The topological polar surface area (TPSA) is 80.9 Å². The third-order valence-electron chi connectivity index (χ3n) is 2.92. The van der Waals surface area contributed by atoms with Crippen molar-refractivity contribution in [1.29, 1.82) is 0 Å². The predicted octanol–water partition coefficient (Wildman–Crippen LogP) is 2.00. The Hall–Kier alpha value is -1.79. The summed E-state index contributed by atoms with van der Waals surface area (Å²) in [5, 5.41) is 12.0. The quantitative estimate of drug-likeness (QED) is 0.852. The van der Waals surface area contributed by atoms with Crippen molar-refractivity contribution >= 4 is 22.4 Å². The highest BCUT2D eigenvalue weighted by molar-refractivity contribution is 7.15. The SMILES string of the molecule is CCc1nnc(NC(=O)[C@@H](N)CCc2ccccc2)s1. The van der Waals surface area contributed by atoms with Gasteiger partial charge in [0.1, 0.15) is 5.01 Å². The van der Waals surface area contributed by atoms with E-state index in [1.54, 1.807) is 0 Å².